The number of nitrogens with zero attached hydrogens (tertiary/aromatic N) is 4. The molecule has 1 saturated heterocycles. The maximum Gasteiger partial charge on any atom is 0.0967 e. The molecule has 0 amide bonds. The number of nitrogens with one attached hydrogen (secondary N) is 1. The normalized spacial score (nSPS) is 21.8. The number of hydrogen-bond acceptors (Lipinski definition) is 4. The Labute approximate surface area is 116 Å². The van der Waals surface area contributed by atoms with Gasteiger partial charge in [0.2, 0.25) is 0 Å². The third kappa shape index (κ3) is 4.58. The summed E-state index contributed by atoms with van der Waals surface area (Å²) >= 11 is 0. The van der Waals surface area contributed by atoms with Crippen LogP contribution in [0.1, 0.15) is 45.7 Å². The van der Waals surface area contributed by atoms with Gasteiger partial charge in [-0.25, -0.2) is 0 Å². The van der Waals surface area contributed by atoms with Crippen LogP contribution in [0.3, 0.4) is 0 Å². The summed E-state index contributed by atoms with van der Waals surface area (Å²) in [6, 6.07) is 0.620. The van der Waals surface area contributed by atoms with Gasteiger partial charge in [-0.1, -0.05) is 11.6 Å². The van der Waals surface area contributed by atoms with Crippen LogP contribution in [0.15, 0.2) is 6.20 Å². The molecule has 5 heteroatoms. The van der Waals surface area contributed by atoms with Crippen molar-refractivity contribution in [1.29, 1.82) is 0 Å². The molecule has 0 aliphatic carbocycles. The number of aromatic nitrogens is 3. The van der Waals surface area contributed by atoms with Crippen LogP contribution in [0.4, 0.5) is 0 Å². The smallest absolute Gasteiger partial charge is 0.0967 e. The molecule has 1 aromatic rings. The standard InChI is InChI=1S/C14H27N5/c1-14(2,3)15-9-13-7-5-6-8-19(13)11-12-10-18(4)17-16-12/h10,13,15H,5-9,11H2,1-4H3. The highest BCUT2D eigenvalue weighted by atomic mass is 15.4. The molecule has 1 unspecified atom stereocenters. The van der Waals surface area contributed by atoms with Gasteiger partial charge in [0.25, 0.3) is 0 Å². The highest BCUT2D eigenvalue weighted by Gasteiger charge is 2.24. The molecule has 1 aliphatic heterocycles. The van der Waals surface area contributed by atoms with Gasteiger partial charge < -0.3 is 5.32 Å². The van der Waals surface area contributed by atoms with Crippen LogP contribution in [0.2, 0.25) is 0 Å². The Hall–Kier alpha value is -0.940. The Morgan fingerprint density at radius 1 is 1.37 bits per heavy atom. The molecule has 19 heavy (non-hydrogen) atoms. The first-order chi connectivity index (χ1) is 8.94. The summed E-state index contributed by atoms with van der Waals surface area (Å²) < 4.78 is 1.78. The highest BCUT2D eigenvalue weighted by Crippen LogP contribution is 2.19. The molecule has 1 N–H and O–H groups in total. The van der Waals surface area contributed by atoms with Gasteiger partial charge in [-0.15, -0.1) is 5.10 Å². The lowest BCUT2D eigenvalue weighted by Gasteiger charge is -2.37. The third-order valence-electron chi connectivity index (χ3n) is 3.63. The van der Waals surface area contributed by atoms with E-state index in [-0.39, 0.29) is 5.54 Å². The van der Waals surface area contributed by atoms with E-state index in [4.69, 9.17) is 0 Å². The molecule has 1 aliphatic rings. The predicted molar refractivity (Wildman–Crippen MR) is 76.8 cm³/mol. The van der Waals surface area contributed by atoms with Crippen molar-refractivity contribution in [3.05, 3.63) is 11.9 Å². The van der Waals surface area contributed by atoms with Crippen LogP contribution < -0.4 is 5.32 Å². The van der Waals surface area contributed by atoms with Gasteiger partial charge in [0.05, 0.1) is 5.69 Å². The summed E-state index contributed by atoms with van der Waals surface area (Å²) in [6.45, 7) is 9.83. The number of aryl methyl sites for hydroxylation is 1. The molecule has 2 heterocycles. The van der Waals surface area contributed by atoms with Crippen molar-refractivity contribution in [3.8, 4) is 0 Å². The summed E-state index contributed by atoms with van der Waals surface area (Å²) in [5, 5.41) is 11.9. The summed E-state index contributed by atoms with van der Waals surface area (Å²) in [4.78, 5) is 2.55. The average molecular weight is 265 g/mol. The van der Waals surface area contributed by atoms with Gasteiger partial charge in [-0.3, -0.25) is 9.58 Å². The van der Waals surface area contributed by atoms with E-state index in [9.17, 15) is 0 Å². The Bertz CT molecular complexity index is 393. The van der Waals surface area contributed by atoms with Crippen molar-refractivity contribution in [2.24, 2.45) is 7.05 Å². The molecule has 5 nitrogen and oxygen atoms in total. The van der Waals surface area contributed by atoms with Crippen molar-refractivity contribution < 1.29 is 0 Å². The van der Waals surface area contributed by atoms with E-state index in [1.54, 1.807) is 4.68 Å². The van der Waals surface area contributed by atoms with Gasteiger partial charge >= 0.3 is 0 Å². The third-order valence-corrected chi connectivity index (χ3v) is 3.63. The van der Waals surface area contributed by atoms with Crippen LogP contribution in [0.25, 0.3) is 0 Å². The molecule has 0 radical (unpaired) electrons. The fraction of sp³-hybridized carbons (Fsp3) is 0.857. The SMILES string of the molecule is Cn1cc(CN2CCCCC2CNC(C)(C)C)nn1. The molecule has 2 rings (SSSR count). The zero-order chi connectivity index (χ0) is 13.9. The van der Waals surface area contributed by atoms with Gasteiger partial charge in [0.15, 0.2) is 0 Å². The lowest BCUT2D eigenvalue weighted by atomic mass is 10.0. The van der Waals surface area contributed by atoms with E-state index in [1.165, 1.54) is 25.8 Å². The molecule has 1 atom stereocenters. The predicted octanol–water partition coefficient (Wildman–Crippen LogP) is 1.56. The number of piperidine rings is 1. The van der Waals surface area contributed by atoms with Gasteiger partial charge in [0, 0.05) is 37.9 Å². The van der Waals surface area contributed by atoms with Crippen LogP contribution in [0.5, 0.6) is 0 Å². The first-order valence-electron chi connectivity index (χ1n) is 7.28. The van der Waals surface area contributed by atoms with E-state index in [0.717, 1.165) is 18.8 Å². The summed E-state index contributed by atoms with van der Waals surface area (Å²) in [5.74, 6) is 0. The van der Waals surface area contributed by atoms with Gasteiger partial charge in [0.1, 0.15) is 0 Å². The van der Waals surface area contributed by atoms with Crippen molar-refractivity contribution in [2.75, 3.05) is 13.1 Å². The van der Waals surface area contributed by atoms with Crippen LogP contribution in [0, 0.1) is 0 Å². The van der Waals surface area contributed by atoms with Crippen molar-refractivity contribution in [1.82, 2.24) is 25.2 Å². The summed E-state index contributed by atoms with van der Waals surface area (Å²) in [6.07, 6.45) is 5.94. The topological polar surface area (TPSA) is 46.0 Å². The zero-order valence-electron chi connectivity index (χ0n) is 12.7. The first kappa shape index (κ1) is 14.5. The molecule has 1 fully saturated rings. The van der Waals surface area contributed by atoms with Gasteiger partial charge in [-0.2, -0.15) is 0 Å². The molecule has 0 aromatic carbocycles. The number of likely N-dealkylation sites (tertiary alicyclic amines) is 1. The highest BCUT2D eigenvalue weighted by molar-refractivity contribution is 4.94. The Kier molecular flexibility index (Phi) is 4.58. The minimum Gasteiger partial charge on any atom is -0.311 e. The maximum atomic E-state index is 4.20. The number of rotatable bonds is 4. The van der Waals surface area contributed by atoms with E-state index in [0.29, 0.717) is 6.04 Å². The molecule has 0 bridgehead atoms. The minimum absolute atomic E-state index is 0.190. The van der Waals surface area contributed by atoms with E-state index in [2.05, 4.69) is 41.3 Å². The lowest BCUT2D eigenvalue weighted by molar-refractivity contribution is 0.129. The van der Waals surface area contributed by atoms with Gasteiger partial charge in [-0.05, 0) is 40.2 Å². The second-order valence-electron chi connectivity index (χ2n) is 6.63. The fourth-order valence-corrected chi connectivity index (χ4v) is 2.60. The first-order valence-corrected chi connectivity index (χ1v) is 7.28. The van der Waals surface area contributed by atoms with E-state index in [1.807, 2.05) is 13.2 Å². The van der Waals surface area contributed by atoms with Crippen LogP contribution >= 0.6 is 0 Å². The molecule has 0 spiro atoms. The number of hydrogen-bond donors (Lipinski definition) is 1. The molecular weight excluding hydrogens is 238 g/mol. The summed E-state index contributed by atoms with van der Waals surface area (Å²) in [5.41, 5.74) is 1.26. The molecule has 108 valence electrons. The molecule has 0 saturated carbocycles. The van der Waals surface area contributed by atoms with Crippen LogP contribution in [-0.4, -0.2) is 44.6 Å². The summed E-state index contributed by atoms with van der Waals surface area (Å²) in [7, 11) is 1.92. The van der Waals surface area contributed by atoms with Crippen molar-refractivity contribution >= 4 is 0 Å². The molecule has 1 aromatic heterocycles. The average Bonchev–Trinajstić information content (AvgIpc) is 2.73. The lowest BCUT2D eigenvalue weighted by Crippen LogP contribution is -2.49. The second kappa shape index (κ2) is 6.01. The largest absolute Gasteiger partial charge is 0.311 e. The Morgan fingerprint density at radius 2 is 2.16 bits per heavy atom. The van der Waals surface area contributed by atoms with E-state index >= 15 is 0 Å². The minimum atomic E-state index is 0.190. The molecular formula is C14H27N5. The Morgan fingerprint density at radius 3 is 2.79 bits per heavy atom. The second-order valence-corrected chi connectivity index (χ2v) is 6.63. The Balaban J connectivity index is 1.92. The quantitative estimate of drug-likeness (QED) is 0.897. The van der Waals surface area contributed by atoms with Crippen molar-refractivity contribution in [3.63, 3.8) is 0 Å². The zero-order valence-corrected chi connectivity index (χ0v) is 12.7. The van der Waals surface area contributed by atoms with E-state index < -0.39 is 0 Å². The monoisotopic (exact) mass is 265 g/mol. The van der Waals surface area contributed by atoms with Crippen LogP contribution in [-0.2, 0) is 13.6 Å². The fourth-order valence-electron chi connectivity index (χ4n) is 2.60. The maximum absolute atomic E-state index is 4.20. The van der Waals surface area contributed by atoms with Crippen molar-refractivity contribution in [2.45, 2.75) is 58.2 Å².